The summed E-state index contributed by atoms with van der Waals surface area (Å²) < 4.78 is 10.9. The first-order valence-corrected chi connectivity index (χ1v) is 10.2. The second-order valence-electron chi connectivity index (χ2n) is 7.78. The zero-order chi connectivity index (χ0) is 19.1. The number of ether oxygens (including phenoxy) is 2. The van der Waals surface area contributed by atoms with Crippen LogP contribution < -0.4 is 15.4 Å². The number of hydrogen-bond acceptors (Lipinski definition) is 4. The number of nitrogens with zero attached hydrogens (tertiary/aromatic N) is 1. The van der Waals surface area contributed by atoms with E-state index in [1.165, 1.54) is 19.4 Å². The highest BCUT2D eigenvalue weighted by Crippen LogP contribution is 2.33. The van der Waals surface area contributed by atoms with Crippen LogP contribution in [0, 0.1) is 5.92 Å². The fourth-order valence-electron chi connectivity index (χ4n) is 3.81. The Labute approximate surface area is 162 Å². The molecule has 2 fully saturated rings. The third-order valence-electron chi connectivity index (χ3n) is 5.63. The van der Waals surface area contributed by atoms with Gasteiger partial charge in [-0.1, -0.05) is 12.1 Å². The van der Waals surface area contributed by atoms with Crippen LogP contribution in [0.1, 0.15) is 39.0 Å². The smallest absolute Gasteiger partial charge is 0.319 e. The van der Waals surface area contributed by atoms with Crippen LogP contribution in [0.25, 0.3) is 0 Å². The Morgan fingerprint density at radius 3 is 2.67 bits per heavy atom. The third kappa shape index (κ3) is 5.84. The number of nitrogens with one attached hydrogen (secondary N) is 2. The van der Waals surface area contributed by atoms with E-state index in [9.17, 15) is 4.79 Å². The molecule has 2 amide bonds. The Morgan fingerprint density at radius 2 is 2.00 bits per heavy atom. The van der Waals surface area contributed by atoms with Crippen molar-refractivity contribution in [1.82, 2.24) is 10.2 Å². The minimum absolute atomic E-state index is 0.172. The molecule has 3 rings (SSSR count). The molecule has 1 aromatic carbocycles. The molecular formula is C21H33N3O3. The van der Waals surface area contributed by atoms with Gasteiger partial charge in [-0.15, -0.1) is 0 Å². The molecule has 6 nitrogen and oxygen atoms in total. The molecule has 150 valence electrons. The summed E-state index contributed by atoms with van der Waals surface area (Å²) in [5.41, 5.74) is 0.491. The SMILES string of the molecule is CCOc1ccccc1NC(=O)NC1(CCOC)CCN(CC2CC2)CC1. The first-order valence-electron chi connectivity index (χ1n) is 10.2. The van der Waals surface area contributed by atoms with Crippen LogP contribution in [0.3, 0.4) is 0 Å². The lowest BCUT2D eigenvalue weighted by atomic mass is 9.84. The predicted molar refractivity (Wildman–Crippen MR) is 107 cm³/mol. The predicted octanol–water partition coefficient (Wildman–Crippen LogP) is 3.49. The molecule has 1 heterocycles. The van der Waals surface area contributed by atoms with Gasteiger partial charge >= 0.3 is 6.03 Å². The molecule has 6 heteroatoms. The van der Waals surface area contributed by atoms with Crippen LogP contribution >= 0.6 is 0 Å². The Morgan fingerprint density at radius 1 is 1.26 bits per heavy atom. The van der Waals surface area contributed by atoms with Crippen molar-refractivity contribution >= 4 is 11.7 Å². The fourth-order valence-corrected chi connectivity index (χ4v) is 3.81. The molecule has 0 spiro atoms. The standard InChI is InChI=1S/C21H33N3O3/c1-3-27-19-7-5-4-6-18(19)22-20(25)23-21(12-15-26-2)10-13-24(14-11-21)16-17-8-9-17/h4-7,17H,3,8-16H2,1-2H3,(H2,22,23,25). The number of para-hydroxylation sites is 2. The monoisotopic (exact) mass is 375 g/mol. The number of methoxy groups -OCH3 is 1. The molecule has 0 aromatic heterocycles. The van der Waals surface area contributed by atoms with E-state index in [4.69, 9.17) is 9.47 Å². The summed E-state index contributed by atoms with van der Waals surface area (Å²) in [4.78, 5) is 15.3. The molecule has 1 aliphatic heterocycles. The molecule has 1 aromatic rings. The lowest BCUT2D eigenvalue weighted by Crippen LogP contribution is -2.57. The lowest BCUT2D eigenvalue weighted by Gasteiger charge is -2.42. The molecule has 2 N–H and O–H groups in total. The molecule has 2 aliphatic rings. The number of carbonyl (C=O) groups excluding carboxylic acids is 1. The number of likely N-dealkylation sites (tertiary alicyclic amines) is 1. The van der Waals surface area contributed by atoms with Gasteiger partial charge in [-0.3, -0.25) is 0 Å². The number of carbonyl (C=O) groups is 1. The lowest BCUT2D eigenvalue weighted by molar-refractivity contribution is 0.0975. The Balaban J connectivity index is 1.59. The fraction of sp³-hybridized carbons (Fsp3) is 0.667. The summed E-state index contributed by atoms with van der Waals surface area (Å²) in [7, 11) is 1.72. The molecule has 0 unspecified atom stereocenters. The van der Waals surface area contributed by atoms with Gasteiger partial charge in [-0.25, -0.2) is 4.79 Å². The first-order chi connectivity index (χ1) is 13.1. The normalized spacial score (nSPS) is 19.5. The summed E-state index contributed by atoms with van der Waals surface area (Å²) in [6, 6.07) is 7.37. The average Bonchev–Trinajstić information content (AvgIpc) is 3.48. The highest BCUT2D eigenvalue weighted by Gasteiger charge is 2.37. The van der Waals surface area contributed by atoms with Gasteiger partial charge in [-0.2, -0.15) is 0 Å². The minimum Gasteiger partial charge on any atom is -0.492 e. The van der Waals surface area contributed by atoms with E-state index in [1.807, 2.05) is 31.2 Å². The van der Waals surface area contributed by atoms with Gasteiger partial charge in [-0.05, 0) is 57.1 Å². The zero-order valence-electron chi connectivity index (χ0n) is 16.6. The van der Waals surface area contributed by atoms with E-state index in [0.29, 0.717) is 24.7 Å². The van der Waals surface area contributed by atoms with Crippen LogP contribution in [0.15, 0.2) is 24.3 Å². The van der Waals surface area contributed by atoms with E-state index >= 15 is 0 Å². The minimum atomic E-state index is -0.208. The largest absolute Gasteiger partial charge is 0.492 e. The molecule has 1 saturated heterocycles. The highest BCUT2D eigenvalue weighted by molar-refractivity contribution is 5.91. The van der Waals surface area contributed by atoms with Crippen LogP contribution in [-0.2, 0) is 4.74 Å². The highest BCUT2D eigenvalue weighted by atomic mass is 16.5. The number of piperidine rings is 1. The van der Waals surface area contributed by atoms with E-state index in [-0.39, 0.29) is 11.6 Å². The first kappa shape index (κ1) is 20.0. The van der Waals surface area contributed by atoms with Crippen molar-refractivity contribution in [3.8, 4) is 5.75 Å². The van der Waals surface area contributed by atoms with Gasteiger partial charge < -0.3 is 25.0 Å². The Bertz CT molecular complexity index is 610. The van der Waals surface area contributed by atoms with Crippen molar-refractivity contribution in [2.75, 3.05) is 45.3 Å². The second kappa shape index (κ2) is 9.42. The maximum Gasteiger partial charge on any atom is 0.319 e. The van der Waals surface area contributed by atoms with Crippen LogP contribution in [0.2, 0.25) is 0 Å². The van der Waals surface area contributed by atoms with Gasteiger partial charge in [0.25, 0.3) is 0 Å². The quantitative estimate of drug-likeness (QED) is 0.694. The van der Waals surface area contributed by atoms with Gasteiger partial charge in [0, 0.05) is 38.9 Å². The van der Waals surface area contributed by atoms with Crippen molar-refractivity contribution in [3.63, 3.8) is 0 Å². The topological polar surface area (TPSA) is 62.8 Å². The average molecular weight is 376 g/mol. The van der Waals surface area contributed by atoms with Crippen molar-refractivity contribution in [3.05, 3.63) is 24.3 Å². The summed E-state index contributed by atoms with van der Waals surface area (Å²) >= 11 is 0. The van der Waals surface area contributed by atoms with Crippen LogP contribution in [0.5, 0.6) is 5.75 Å². The van der Waals surface area contributed by atoms with Gasteiger partial charge in [0.1, 0.15) is 5.75 Å². The third-order valence-corrected chi connectivity index (χ3v) is 5.63. The number of urea groups is 1. The van der Waals surface area contributed by atoms with E-state index in [2.05, 4.69) is 15.5 Å². The number of anilines is 1. The number of hydrogen-bond donors (Lipinski definition) is 2. The Hall–Kier alpha value is -1.79. The molecule has 1 saturated carbocycles. The van der Waals surface area contributed by atoms with Gasteiger partial charge in [0.2, 0.25) is 0 Å². The second-order valence-corrected chi connectivity index (χ2v) is 7.78. The summed E-state index contributed by atoms with van der Waals surface area (Å²) in [5.74, 6) is 1.60. The van der Waals surface area contributed by atoms with Crippen molar-refractivity contribution in [2.24, 2.45) is 5.92 Å². The number of benzene rings is 1. The maximum absolute atomic E-state index is 12.7. The molecule has 0 bridgehead atoms. The molecule has 0 atom stereocenters. The van der Waals surface area contributed by atoms with Gasteiger partial charge in [0.15, 0.2) is 0 Å². The maximum atomic E-state index is 12.7. The molecule has 1 aliphatic carbocycles. The van der Waals surface area contributed by atoms with E-state index in [1.54, 1.807) is 7.11 Å². The van der Waals surface area contributed by atoms with Gasteiger partial charge in [0.05, 0.1) is 12.3 Å². The number of amides is 2. The van der Waals surface area contributed by atoms with Crippen molar-refractivity contribution in [1.29, 1.82) is 0 Å². The molecule has 0 radical (unpaired) electrons. The van der Waals surface area contributed by atoms with Crippen molar-refractivity contribution < 1.29 is 14.3 Å². The zero-order valence-corrected chi connectivity index (χ0v) is 16.6. The Kier molecular flexibility index (Phi) is 6.96. The van der Waals surface area contributed by atoms with Crippen molar-refractivity contribution in [2.45, 2.75) is 44.6 Å². The van der Waals surface area contributed by atoms with Crippen LogP contribution in [-0.4, -0.2) is 56.4 Å². The van der Waals surface area contributed by atoms with Crippen LogP contribution in [0.4, 0.5) is 10.5 Å². The summed E-state index contributed by atoms with van der Waals surface area (Å²) in [5, 5.41) is 6.23. The molecular weight excluding hydrogens is 342 g/mol. The van der Waals surface area contributed by atoms with E-state index < -0.39 is 0 Å². The summed E-state index contributed by atoms with van der Waals surface area (Å²) in [6.45, 7) is 6.44. The van der Waals surface area contributed by atoms with E-state index in [0.717, 1.165) is 38.3 Å². The number of rotatable bonds is 9. The summed E-state index contributed by atoms with van der Waals surface area (Å²) in [6.07, 6.45) is 5.52. The molecule has 27 heavy (non-hydrogen) atoms.